The standard InChI is InChI=1S/C28H48N12O6S/c1-47-13-10-19(23(30)43)39-25(45)20(5-3-12-36-28(33)34)40-26(46)21(14-16-6-8-17(41)9-7-16)38-22(42)15-37-24(44)18(29)4-2-11-35-27(31)32/h6-9,18-21,41H,2-5,10-15,29H2,1H3,(H2,30,43)(H,37,44)(H,38,42)(H,39,45)(H,40,46)(H4,31,32,35)(H4,33,34,36)/t18-,19+,20-,21-/m0/s1. The Kier molecular flexibility index (Phi) is 18.7. The molecule has 262 valence electrons. The molecule has 0 aromatic heterocycles. The molecular weight excluding hydrogens is 632 g/mol. The number of guanidine groups is 2. The number of benzene rings is 1. The van der Waals surface area contributed by atoms with Crippen LogP contribution in [-0.4, -0.2) is 102 Å². The van der Waals surface area contributed by atoms with Crippen LogP contribution < -0.4 is 55.7 Å². The van der Waals surface area contributed by atoms with Gasteiger partial charge in [0.2, 0.25) is 29.5 Å². The second-order valence-corrected chi connectivity index (χ2v) is 11.5. The number of nitrogens with zero attached hydrogens (tertiary/aromatic N) is 2. The van der Waals surface area contributed by atoms with Gasteiger partial charge in [-0.2, -0.15) is 11.8 Å². The molecule has 1 aromatic carbocycles. The van der Waals surface area contributed by atoms with Crippen LogP contribution in [0.5, 0.6) is 5.75 Å². The molecule has 1 aromatic rings. The molecule has 0 aliphatic carbocycles. The van der Waals surface area contributed by atoms with E-state index in [1.807, 2.05) is 6.26 Å². The summed E-state index contributed by atoms with van der Waals surface area (Å²) in [7, 11) is 0. The third-order valence-corrected chi connectivity index (χ3v) is 7.25. The third kappa shape index (κ3) is 17.5. The summed E-state index contributed by atoms with van der Waals surface area (Å²) in [6, 6.07) is 1.70. The van der Waals surface area contributed by atoms with Crippen LogP contribution in [0.15, 0.2) is 34.3 Å². The molecule has 0 bridgehead atoms. The minimum absolute atomic E-state index is 0.000810. The van der Waals surface area contributed by atoms with Crippen molar-refractivity contribution in [3.05, 3.63) is 29.8 Å². The number of carbonyl (C=O) groups excluding carboxylic acids is 5. The number of nitrogens with two attached hydrogens (primary N) is 6. The number of carbonyl (C=O) groups is 5. The maximum atomic E-state index is 13.6. The summed E-state index contributed by atoms with van der Waals surface area (Å²) in [4.78, 5) is 71.8. The Morgan fingerprint density at radius 1 is 0.766 bits per heavy atom. The van der Waals surface area contributed by atoms with Crippen molar-refractivity contribution in [1.29, 1.82) is 0 Å². The molecule has 0 spiro atoms. The fourth-order valence-electron chi connectivity index (χ4n) is 4.11. The first-order valence-corrected chi connectivity index (χ1v) is 16.2. The molecule has 0 radical (unpaired) electrons. The average molecular weight is 681 g/mol. The van der Waals surface area contributed by atoms with Gasteiger partial charge in [-0.05, 0) is 61.8 Å². The van der Waals surface area contributed by atoms with Crippen molar-refractivity contribution in [2.45, 2.75) is 62.7 Å². The number of phenols is 1. The smallest absolute Gasteiger partial charge is 0.243 e. The van der Waals surface area contributed by atoms with Crippen molar-refractivity contribution in [1.82, 2.24) is 21.3 Å². The maximum absolute atomic E-state index is 13.6. The fourth-order valence-corrected chi connectivity index (χ4v) is 4.58. The first kappa shape index (κ1) is 40.2. The summed E-state index contributed by atoms with van der Waals surface area (Å²) in [5.41, 5.74) is 33.3. The summed E-state index contributed by atoms with van der Waals surface area (Å²) >= 11 is 1.47. The van der Waals surface area contributed by atoms with Gasteiger partial charge in [-0.3, -0.25) is 34.0 Å². The van der Waals surface area contributed by atoms with Crippen LogP contribution in [-0.2, 0) is 30.4 Å². The molecule has 0 aliphatic heterocycles. The molecule has 17 N–H and O–H groups in total. The number of phenolic OH excluding ortho intramolecular Hbond substituents is 1. The number of aliphatic imine (C=N–C) groups is 2. The molecule has 4 atom stereocenters. The van der Waals surface area contributed by atoms with E-state index in [-0.39, 0.29) is 62.9 Å². The lowest BCUT2D eigenvalue weighted by atomic mass is 10.0. The first-order valence-electron chi connectivity index (χ1n) is 14.8. The molecule has 5 amide bonds. The normalized spacial score (nSPS) is 13.1. The summed E-state index contributed by atoms with van der Waals surface area (Å²) in [5.74, 6) is -3.09. The number of primary amides is 1. The van der Waals surface area contributed by atoms with E-state index in [1.165, 1.54) is 23.9 Å². The van der Waals surface area contributed by atoms with E-state index < -0.39 is 60.2 Å². The van der Waals surface area contributed by atoms with Gasteiger partial charge in [0.05, 0.1) is 12.6 Å². The van der Waals surface area contributed by atoms with Crippen molar-refractivity contribution >= 4 is 53.2 Å². The highest BCUT2D eigenvalue weighted by atomic mass is 32.2. The van der Waals surface area contributed by atoms with E-state index in [4.69, 9.17) is 34.4 Å². The zero-order valence-electron chi connectivity index (χ0n) is 26.4. The van der Waals surface area contributed by atoms with Gasteiger partial charge in [-0.15, -0.1) is 0 Å². The maximum Gasteiger partial charge on any atom is 0.243 e. The number of hydrogen-bond acceptors (Lipinski definition) is 10. The largest absolute Gasteiger partial charge is 0.508 e. The van der Waals surface area contributed by atoms with Crippen LogP contribution >= 0.6 is 11.8 Å². The molecular formula is C28H48N12O6S. The number of hydrogen-bond donors (Lipinski definition) is 11. The van der Waals surface area contributed by atoms with Gasteiger partial charge in [-0.25, -0.2) is 0 Å². The van der Waals surface area contributed by atoms with Crippen LogP contribution in [0.25, 0.3) is 0 Å². The highest BCUT2D eigenvalue weighted by molar-refractivity contribution is 7.98. The summed E-state index contributed by atoms with van der Waals surface area (Å²) in [6.45, 7) is -0.0401. The van der Waals surface area contributed by atoms with Crippen molar-refractivity contribution in [2.24, 2.45) is 44.4 Å². The lowest BCUT2D eigenvalue weighted by Gasteiger charge is -2.25. The first-order chi connectivity index (χ1) is 22.2. The fraction of sp³-hybridized carbons (Fsp3) is 0.536. The van der Waals surface area contributed by atoms with Crippen LogP contribution in [0.4, 0.5) is 0 Å². The summed E-state index contributed by atoms with van der Waals surface area (Å²) < 4.78 is 0. The minimum Gasteiger partial charge on any atom is -0.508 e. The number of amides is 5. The predicted molar refractivity (Wildman–Crippen MR) is 181 cm³/mol. The SMILES string of the molecule is CSCC[C@@H](NC(=O)[C@H](CCCN=C(N)N)NC(=O)[C@H](Cc1ccc(O)cc1)NC(=O)CNC(=O)[C@@H](N)CCCN=C(N)N)C(N)=O. The van der Waals surface area contributed by atoms with Crippen molar-refractivity contribution in [3.8, 4) is 5.75 Å². The van der Waals surface area contributed by atoms with Crippen molar-refractivity contribution < 1.29 is 29.1 Å². The second kappa shape index (κ2) is 21.9. The Morgan fingerprint density at radius 2 is 1.32 bits per heavy atom. The molecule has 0 saturated carbocycles. The molecule has 19 heteroatoms. The zero-order valence-corrected chi connectivity index (χ0v) is 27.3. The quantitative estimate of drug-likeness (QED) is 0.0319. The van der Waals surface area contributed by atoms with E-state index >= 15 is 0 Å². The molecule has 0 fully saturated rings. The average Bonchev–Trinajstić information content (AvgIpc) is 3.01. The number of rotatable bonds is 22. The Morgan fingerprint density at radius 3 is 1.87 bits per heavy atom. The van der Waals surface area contributed by atoms with Gasteiger partial charge in [-0.1, -0.05) is 12.1 Å². The third-order valence-electron chi connectivity index (χ3n) is 6.60. The monoisotopic (exact) mass is 680 g/mol. The highest BCUT2D eigenvalue weighted by Crippen LogP contribution is 2.12. The molecule has 18 nitrogen and oxygen atoms in total. The number of thioether (sulfide) groups is 1. The zero-order chi connectivity index (χ0) is 35.4. The second-order valence-electron chi connectivity index (χ2n) is 10.5. The van der Waals surface area contributed by atoms with Crippen LogP contribution in [0.2, 0.25) is 0 Å². The Labute approximate surface area is 277 Å². The van der Waals surface area contributed by atoms with Crippen LogP contribution in [0.1, 0.15) is 37.7 Å². The van der Waals surface area contributed by atoms with E-state index in [0.717, 1.165) is 0 Å². The van der Waals surface area contributed by atoms with E-state index in [9.17, 15) is 29.1 Å². The van der Waals surface area contributed by atoms with Gasteiger partial charge in [0.25, 0.3) is 0 Å². The van der Waals surface area contributed by atoms with Gasteiger partial charge in [0.1, 0.15) is 23.9 Å². The lowest BCUT2D eigenvalue weighted by Crippen LogP contribution is -2.57. The number of aromatic hydroxyl groups is 1. The molecule has 1 rings (SSSR count). The van der Waals surface area contributed by atoms with Crippen molar-refractivity contribution in [2.75, 3.05) is 31.6 Å². The predicted octanol–water partition coefficient (Wildman–Crippen LogP) is -3.82. The molecule has 47 heavy (non-hydrogen) atoms. The molecule has 0 aliphatic rings. The Bertz CT molecular complexity index is 1240. The van der Waals surface area contributed by atoms with Gasteiger partial charge >= 0.3 is 0 Å². The molecule has 0 heterocycles. The van der Waals surface area contributed by atoms with Gasteiger partial charge in [0.15, 0.2) is 11.9 Å². The van der Waals surface area contributed by atoms with E-state index in [1.54, 1.807) is 12.1 Å². The van der Waals surface area contributed by atoms with Gasteiger partial charge < -0.3 is 60.8 Å². The number of nitrogens with one attached hydrogen (secondary N) is 4. The van der Waals surface area contributed by atoms with E-state index in [0.29, 0.717) is 17.7 Å². The molecule has 0 unspecified atom stereocenters. The molecule has 0 saturated heterocycles. The van der Waals surface area contributed by atoms with E-state index in [2.05, 4.69) is 31.3 Å². The minimum atomic E-state index is -1.21. The van der Waals surface area contributed by atoms with Crippen LogP contribution in [0.3, 0.4) is 0 Å². The topological polar surface area (TPSA) is 335 Å². The Hall–Kier alpha value is -4.78. The lowest BCUT2D eigenvalue weighted by molar-refractivity contribution is -0.133. The van der Waals surface area contributed by atoms with Crippen LogP contribution in [0, 0.1) is 0 Å². The highest BCUT2D eigenvalue weighted by Gasteiger charge is 2.29. The summed E-state index contributed by atoms with van der Waals surface area (Å²) in [5, 5.41) is 19.9. The van der Waals surface area contributed by atoms with Gasteiger partial charge in [0, 0.05) is 19.5 Å². The Balaban J connectivity index is 3.07. The summed E-state index contributed by atoms with van der Waals surface area (Å²) in [6.07, 6.45) is 3.15. The van der Waals surface area contributed by atoms with Crippen molar-refractivity contribution in [3.63, 3.8) is 0 Å².